The van der Waals surface area contributed by atoms with Crippen LogP contribution in [0.1, 0.15) is 15.9 Å². The van der Waals surface area contributed by atoms with Gasteiger partial charge >= 0.3 is 0 Å². The zero-order chi connectivity index (χ0) is 9.42. The highest BCUT2D eigenvalue weighted by atomic mass is 16.7. The molecule has 0 unspecified atom stereocenters. The fourth-order valence-electron chi connectivity index (χ4n) is 1.38. The molecule has 2 rings (SSSR count). The van der Waals surface area contributed by atoms with Gasteiger partial charge in [0.25, 0.3) is 0 Å². The Morgan fingerprint density at radius 1 is 1.46 bits per heavy atom. The van der Waals surface area contributed by atoms with Crippen molar-refractivity contribution in [1.29, 1.82) is 0 Å². The zero-order valence-corrected chi connectivity index (χ0v) is 7.16. The second kappa shape index (κ2) is 2.65. The smallest absolute Gasteiger partial charge is 0.249 e. The molecular weight excluding hydrogens is 170 g/mol. The molecule has 0 bridgehead atoms. The summed E-state index contributed by atoms with van der Waals surface area (Å²) >= 11 is 0. The van der Waals surface area contributed by atoms with Crippen LogP contribution in [-0.4, -0.2) is 12.7 Å². The summed E-state index contributed by atoms with van der Waals surface area (Å²) in [5.41, 5.74) is 6.39. The van der Waals surface area contributed by atoms with E-state index in [4.69, 9.17) is 15.2 Å². The monoisotopic (exact) mass is 179 g/mol. The highest BCUT2D eigenvalue weighted by Gasteiger charge is 2.19. The van der Waals surface area contributed by atoms with Crippen molar-refractivity contribution in [2.75, 3.05) is 6.79 Å². The minimum absolute atomic E-state index is 0.207. The average molecular weight is 179 g/mol. The van der Waals surface area contributed by atoms with Crippen LogP contribution in [0.25, 0.3) is 0 Å². The number of benzene rings is 1. The maximum Gasteiger partial charge on any atom is 0.249 e. The number of amides is 1. The second-order valence-electron chi connectivity index (χ2n) is 2.84. The zero-order valence-electron chi connectivity index (χ0n) is 7.16. The molecule has 13 heavy (non-hydrogen) atoms. The van der Waals surface area contributed by atoms with Gasteiger partial charge in [-0.25, -0.2) is 0 Å². The number of nitrogens with two attached hydrogens (primary N) is 1. The van der Waals surface area contributed by atoms with Crippen molar-refractivity contribution in [3.8, 4) is 11.5 Å². The summed E-state index contributed by atoms with van der Waals surface area (Å²) in [4.78, 5) is 10.9. The van der Waals surface area contributed by atoms with Gasteiger partial charge in [0.2, 0.25) is 12.7 Å². The Kier molecular flexibility index (Phi) is 1.62. The van der Waals surface area contributed by atoms with Crippen LogP contribution >= 0.6 is 0 Å². The Balaban J connectivity index is 2.59. The van der Waals surface area contributed by atoms with Crippen molar-refractivity contribution in [3.05, 3.63) is 23.3 Å². The summed E-state index contributed by atoms with van der Waals surface area (Å²) in [6.07, 6.45) is 0. The Labute approximate surface area is 75.2 Å². The van der Waals surface area contributed by atoms with Gasteiger partial charge in [0.1, 0.15) is 0 Å². The van der Waals surface area contributed by atoms with Crippen molar-refractivity contribution >= 4 is 5.91 Å². The molecular formula is C9H9NO3. The molecule has 1 aliphatic heterocycles. The number of hydrogen-bond acceptors (Lipinski definition) is 3. The van der Waals surface area contributed by atoms with Gasteiger partial charge in [-0.1, -0.05) is 0 Å². The number of ether oxygens (including phenoxy) is 2. The third-order valence-electron chi connectivity index (χ3n) is 2.05. The lowest BCUT2D eigenvalue weighted by atomic mass is 10.1. The lowest BCUT2D eigenvalue weighted by Crippen LogP contribution is -2.12. The standard InChI is InChI=1S/C9H9NO3/c1-5-6(9(10)11)2-3-7-8(5)13-4-12-7/h2-3H,4H2,1H3,(H2,10,11). The van der Waals surface area contributed by atoms with E-state index in [0.29, 0.717) is 17.1 Å². The third-order valence-corrected chi connectivity index (χ3v) is 2.05. The molecule has 0 atom stereocenters. The van der Waals surface area contributed by atoms with Gasteiger partial charge in [-0.3, -0.25) is 4.79 Å². The molecule has 1 heterocycles. The number of hydrogen-bond donors (Lipinski definition) is 1. The van der Waals surface area contributed by atoms with Crippen molar-refractivity contribution in [2.45, 2.75) is 6.92 Å². The van der Waals surface area contributed by atoms with Crippen LogP contribution in [0.15, 0.2) is 12.1 Å². The van der Waals surface area contributed by atoms with E-state index in [-0.39, 0.29) is 6.79 Å². The number of rotatable bonds is 1. The van der Waals surface area contributed by atoms with E-state index in [1.54, 1.807) is 19.1 Å². The van der Waals surface area contributed by atoms with Gasteiger partial charge in [-0.05, 0) is 19.1 Å². The molecule has 0 spiro atoms. The van der Waals surface area contributed by atoms with Gasteiger partial charge in [0.15, 0.2) is 11.5 Å². The van der Waals surface area contributed by atoms with E-state index in [9.17, 15) is 4.79 Å². The van der Waals surface area contributed by atoms with Crippen LogP contribution in [0.2, 0.25) is 0 Å². The van der Waals surface area contributed by atoms with Crippen LogP contribution in [0.3, 0.4) is 0 Å². The Morgan fingerprint density at radius 2 is 2.23 bits per heavy atom. The Hall–Kier alpha value is -1.71. The lowest BCUT2D eigenvalue weighted by Gasteiger charge is -2.04. The summed E-state index contributed by atoms with van der Waals surface area (Å²) in [5.74, 6) is 0.842. The summed E-state index contributed by atoms with van der Waals surface area (Å²) in [7, 11) is 0. The molecule has 1 aliphatic rings. The van der Waals surface area contributed by atoms with Crippen LogP contribution in [0, 0.1) is 6.92 Å². The highest BCUT2D eigenvalue weighted by molar-refractivity contribution is 5.95. The first-order valence-corrected chi connectivity index (χ1v) is 3.89. The average Bonchev–Trinajstić information content (AvgIpc) is 2.52. The first-order chi connectivity index (χ1) is 6.20. The maximum absolute atomic E-state index is 10.9. The predicted molar refractivity (Wildman–Crippen MR) is 45.8 cm³/mol. The minimum atomic E-state index is -0.448. The molecule has 4 heteroatoms. The second-order valence-corrected chi connectivity index (χ2v) is 2.84. The van der Waals surface area contributed by atoms with E-state index < -0.39 is 5.91 Å². The fraction of sp³-hybridized carbons (Fsp3) is 0.222. The van der Waals surface area contributed by atoms with Crippen LogP contribution < -0.4 is 15.2 Å². The largest absolute Gasteiger partial charge is 0.454 e. The topological polar surface area (TPSA) is 61.6 Å². The van der Waals surface area contributed by atoms with Crippen molar-refractivity contribution in [1.82, 2.24) is 0 Å². The Morgan fingerprint density at radius 3 is 2.92 bits per heavy atom. The van der Waals surface area contributed by atoms with E-state index in [1.165, 1.54) is 0 Å². The first-order valence-electron chi connectivity index (χ1n) is 3.89. The van der Waals surface area contributed by atoms with Gasteiger partial charge in [-0.15, -0.1) is 0 Å². The van der Waals surface area contributed by atoms with Gasteiger partial charge in [0.05, 0.1) is 0 Å². The Bertz CT molecular complexity index is 373. The van der Waals surface area contributed by atoms with Crippen molar-refractivity contribution in [3.63, 3.8) is 0 Å². The number of fused-ring (bicyclic) bond motifs is 1. The highest BCUT2D eigenvalue weighted by Crippen LogP contribution is 2.36. The molecule has 4 nitrogen and oxygen atoms in total. The summed E-state index contributed by atoms with van der Waals surface area (Å²) < 4.78 is 10.3. The molecule has 0 saturated carbocycles. The molecule has 0 aliphatic carbocycles. The van der Waals surface area contributed by atoms with E-state index in [2.05, 4.69) is 0 Å². The van der Waals surface area contributed by atoms with E-state index in [1.807, 2.05) is 0 Å². The molecule has 1 aromatic rings. The molecule has 0 aromatic heterocycles. The normalized spacial score (nSPS) is 13.0. The quantitative estimate of drug-likeness (QED) is 0.694. The van der Waals surface area contributed by atoms with Gasteiger partial charge < -0.3 is 15.2 Å². The van der Waals surface area contributed by atoms with Gasteiger partial charge in [-0.2, -0.15) is 0 Å². The fourth-order valence-corrected chi connectivity index (χ4v) is 1.38. The summed E-state index contributed by atoms with van der Waals surface area (Å²) in [6, 6.07) is 3.33. The molecule has 1 amide bonds. The first kappa shape index (κ1) is 7.91. The number of carbonyl (C=O) groups excluding carboxylic acids is 1. The van der Waals surface area contributed by atoms with Crippen LogP contribution in [0.5, 0.6) is 11.5 Å². The van der Waals surface area contributed by atoms with Crippen molar-refractivity contribution < 1.29 is 14.3 Å². The number of carbonyl (C=O) groups is 1. The summed E-state index contributed by atoms with van der Waals surface area (Å²) in [6.45, 7) is 1.99. The van der Waals surface area contributed by atoms with Crippen LogP contribution in [0.4, 0.5) is 0 Å². The number of primary amides is 1. The molecule has 1 aromatic carbocycles. The van der Waals surface area contributed by atoms with Gasteiger partial charge in [0, 0.05) is 11.1 Å². The molecule has 0 radical (unpaired) electrons. The molecule has 2 N–H and O–H groups in total. The molecule has 0 fully saturated rings. The lowest BCUT2D eigenvalue weighted by molar-refractivity contribution is 0.0999. The third kappa shape index (κ3) is 1.11. The SMILES string of the molecule is Cc1c(C(N)=O)ccc2c1OCO2. The van der Waals surface area contributed by atoms with Crippen molar-refractivity contribution in [2.24, 2.45) is 5.73 Å². The molecule has 0 saturated heterocycles. The predicted octanol–water partition coefficient (Wildman–Crippen LogP) is 0.823. The van der Waals surface area contributed by atoms with Crippen LogP contribution in [-0.2, 0) is 0 Å². The van der Waals surface area contributed by atoms with E-state index >= 15 is 0 Å². The maximum atomic E-state index is 10.9. The minimum Gasteiger partial charge on any atom is -0.454 e. The summed E-state index contributed by atoms with van der Waals surface area (Å²) in [5, 5.41) is 0. The molecule has 68 valence electrons. The van der Waals surface area contributed by atoms with E-state index in [0.717, 1.165) is 5.56 Å².